The summed E-state index contributed by atoms with van der Waals surface area (Å²) in [5.41, 5.74) is 11.9. The van der Waals surface area contributed by atoms with Gasteiger partial charge in [-0.05, 0) is 11.6 Å². The zero-order chi connectivity index (χ0) is 27.4. The van der Waals surface area contributed by atoms with Crippen LogP contribution >= 0.6 is 46.6 Å². The lowest BCUT2D eigenvalue weighted by Crippen LogP contribution is -2.74. The van der Waals surface area contributed by atoms with Crippen molar-refractivity contribution in [3.05, 3.63) is 35.1 Å². The van der Waals surface area contributed by atoms with E-state index in [4.69, 9.17) is 16.6 Å². The molecule has 4 atom stereocenters. The van der Waals surface area contributed by atoms with Gasteiger partial charge in [0.05, 0.1) is 6.61 Å². The first-order chi connectivity index (χ1) is 18.2. The van der Waals surface area contributed by atoms with Gasteiger partial charge in [0.1, 0.15) is 21.9 Å². The van der Waals surface area contributed by atoms with Crippen LogP contribution in [0.3, 0.4) is 0 Å². The summed E-state index contributed by atoms with van der Waals surface area (Å²) in [6.45, 7) is -0.176. The molecule has 0 radical (unpaired) electrons. The average Bonchev–Trinajstić information content (AvgIpc) is 3.33. The molecular weight excluding hydrogens is 575 g/mol. The number of hydrogen-bond acceptors (Lipinski definition) is 14. The molecule has 0 aromatic carbocycles. The number of carboxylic acid groups (broad SMARTS) is 1. The first kappa shape index (κ1) is 28.4. The number of oxime groups is 1. The molecule has 2 saturated heterocycles. The van der Waals surface area contributed by atoms with Crippen molar-refractivity contribution in [3.63, 3.8) is 0 Å². The molecule has 2 fully saturated rings. The quantitative estimate of drug-likeness (QED) is 0.0859. The van der Waals surface area contributed by atoms with Gasteiger partial charge in [-0.15, -0.1) is 34.9 Å². The van der Waals surface area contributed by atoms with E-state index in [-0.39, 0.29) is 41.5 Å². The van der Waals surface area contributed by atoms with Gasteiger partial charge < -0.3 is 37.1 Å². The van der Waals surface area contributed by atoms with Crippen molar-refractivity contribution >= 4 is 75.2 Å². The van der Waals surface area contributed by atoms with Gasteiger partial charge in [0.2, 0.25) is 5.91 Å². The smallest absolute Gasteiger partial charge is 0.322 e. The van der Waals surface area contributed by atoms with Crippen molar-refractivity contribution in [2.75, 3.05) is 30.4 Å². The van der Waals surface area contributed by atoms with Gasteiger partial charge in [0, 0.05) is 52.5 Å². The number of rotatable bonds is 11. The van der Waals surface area contributed by atoms with Gasteiger partial charge in [-0.1, -0.05) is 5.16 Å². The number of thiazole rings is 1. The second-order valence-corrected chi connectivity index (χ2v) is 12.9. The van der Waals surface area contributed by atoms with Crippen LogP contribution in [0.4, 0.5) is 5.13 Å². The molecule has 8 N–H and O–H groups in total. The number of anilines is 1. The number of nitrogen functional groups attached to an aromatic ring is 1. The molecule has 13 nitrogen and oxygen atoms in total. The van der Waals surface area contributed by atoms with Crippen molar-refractivity contribution in [2.24, 2.45) is 10.9 Å². The fraction of sp³-hybridized carbons (Fsp3) is 0.429. The molecule has 0 bridgehead atoms. The van der Waals surface area contributed by atoms with Gasteiger partial charge in [0.25, 0.3) is 5.91 Å². The molecule has 2 unspecified atom stereocenters. The highest BCUT2D eigenvalue weighted by molar-refractivity contribution is 8.05. The Morgan fingerprint density at radius 3 is 2.87 bits per heavy atom. The number of nitrogens with two attached hydrogens (primary N) is 2. The van der Waals surface area contributed by atoms with Crippen molar-refractivity contribution in [1.82, 2.24) is 20.2 Å². The van der Waals surface area contributed by atoms with Crippen LogP contribution in [0.25, 0.3) is 0 Å². The highest BCUT2D eigenvalue weighted by atomic mass is 32.2. The molecule has 2 aliphatic rings. The highest BCUT2D eigenvalue weighted by Gasteiger charge is 2.58. The van der Waals surface area contributed by atoms with E-state index in [1.54, 1.807) is 18.5 Å². The van der Waals surface area contributed by atoms with Crippen LogP contribution in [-0.2, 0) is 20.1 Å². The summed E-state index contributed by atoms with van der Waals surface area (Å²) >= 11 is 5.01. The van der Waals surface area contributed by atoms with Crippen molar-refractivity contribution < 1.29 is 29.8 Å². The minimum atomic E-state index is -1.32. The van der Waals surface area contributed by atoms with Gasteiger partial charge in [-0.3, -0.25) is 19.4 Å². The third-order valence-corrected chi connectivity index (χ3v) is 10.8. The summed E-state index contributed by atoms with van der Waals surface area (Å²) < 4.78 is -1.32. The van der Waals surface area contributed by atoms with Gasteiger partial charge in [-0.2, -0.15) is 11.8 Å². The van der Waals surface area contributed by atoms with Gasteiger partial charge >= 0.3 is 5.97 Å². The Balaban J connectivity index is 1.43. The zero-order valence-corrected chi connectivity index (χ0v) is 23.0. The van der Waals surface area contributed by atoms with Crippen LogP contribution in [0.1, 0.15) is 11.3 Å². The maximum Gasteiger partial charge on any atom is 0.322 e. The van der Waals surface area contributed by atoms with Gasteiger partial charge in [-0.25, -0.2) is 4.98 Å². The number of thioether (sulfide) groups is 3. The van der Waals surface area contributed by atoms with E-state index in [1.807, 2.05) is 0 Å². The molecule has 2 aromatic rings. The Hall–Kier alpha value is -2.57. The van der Waals surface area contributed by atoms with E-state index in [0.717, 1.165) is 21.8 Å². The van der Waals surface area contributed by atoms with Crippen LogP contribution in [0, 0.1) is 0 Å². The molecule has 2 aromatic heterocycles. The summed E-state index contributed by atoms with van der Waals surface area (Å²) in [6, 6.07) is 0.492. The normalized spacial score (nSPS) is 23.9. The van der Waals surface area contributed by atoms with Crippen LogP contribution in [-0.4, -0.2) is 101 Å². The van der Waals surface area contributed by atoms with E-state index in [9.17, 15) is 24.7 Å². The predicted octanol–water partition coefficient (Wildman–Crippen LogP) is -0.133. The SMILES string of the molecule is Nc1nc(C(=NO)C(=O)N[C@@H]2C(=O)N3CC(Sc4ccncc4CSCC(N)CO)(C(=O)O)CS[C@H]23)cs1. The van der Waals surface area contributed by atoms with Crippen molar-refractivity contribution in [2.45, 2.75) is 32.9 Å². The van der Waals surface area contributed by atoms with Crippen molar-refractivity contribution in [1.29, 1.82) is 0 Å². The maximum atomic E-state index is 13.0. The number of carbonyl (C=O) groups is 3. The molecule has 4 heterocycles. The zero-order valence-electron chi connectivity index (χ0n) is 19.7. The van der Waals surface area contributed by atoms with Crippen LogP contribution in [0.2, 0.25) is 0 Å². The monoisotopic (exact) mass is 599 g/mol. The number of nitrogens with zero attached hydrogens (tertiary/aromatic N) is 4. The number of nitrogens with one attached hydrogen (secondary N) is 1. The first-order valence-electron chi connectivity index (χ1n) is 11.1. The lowest BCUT2D eigenvalue weighted by molar-refractivity contribution is -0.151. The lowest BCUT2D eigenvalue weighted by Gasteiger charge is -2.53. The largest absolute Gasteiger partial charge is 0.480 e. The minimum absolute atomic E-state index is 0.0519. The topological polar surface area (TPSA) is 217 Å². The van der Waals surface area contributed by atoms with Crippen LogP contribution in [0.15, 0.2) is 33.9 Å². The van der Waals surface area contributed by atoms with E-state index in [1.165, 1.54) is 45.6 Å². The van der Waals surface area contributed by atoms with E-state index < -0.39 is 33.9 Å². The number of pyridine rings is 1. The molecule has 17 heteroatoms. The summed E-state index contributed by atoms with van der Waals surface area (Å²) in [7, 11) is 0. The number of aromatic nitrogens is 2. The fourth-order valence-electron chi connectivity index (χ4n) is 3.81. The Morgan fingerprint density at radius 2 is 2.21 bits per heavy atom. The molecule has 38 heavy (non-hydrogen) atoms. The van der Waals surface area contributed by atoms with Crippen LogP contribution < -0.4 is 16.8 Å². The lowest BCUT2D eigenvalue weighted by atomic mass is 10.0. The number of fused-ring (bicyclic) bond motifs is 1. The number of carboxylic acids is 1. The number of aliphatic carboxylic acids is 1. The second-order valence-electron chi connectivity index (χ2n) is 8.48. The fourth-order valence-corrected chi connectivity index (χ4v) is 8.35. The third-order valence-electron chi connectivity index (χ3n) is 5.80. The Kier molecular flexibility index (Phi) is 9.04. The summed E-state index contributed by atoms with van der Waals surface area (Å²) in [4.78, 5) is 48.4. The number of β-lactam (4-membered cyclic amide) rings is 1. The van der Waals surface area contributed by atoms with E-state index in [0.29, 0.717) is 11.5 Å². The molecule has 0 aliphatic carbocycles. The molecule has 2 amide bonds. The molecule has 4 rings (SSSR count). The predicted molar refractivity (Wildman–Crippen MR) is 146 cm³/mol. The number of carbonyl (C=O) groups excluding carboxylic acids is 2. The number of hydrogen-bond donors (Lipinski definition) is 6. The molecule has 0 saturated carbocycles. The number of aliphatic hydroxyl groups is 1. The molecule has 204 valence electrons. The highest BCUT2D eigenvalue weighted by Crippen LogP contribution is 2.47. The standard InChI is InChI=1S/C21H25N7O6S4/c22-11(4-29)6-35-5-10-3-24-2-1-13(10)38-21(19(32)33)8-28-17(31)15(18(28)37-9-21)26-16(30)14(27-34)12-7-36-20(23)25-12/h1-3,7,11,15,18,29,34H,4-6,8-9,22H2,(H2,23,25)(H,26,30)(H,32,33)/t11?,15-,18-,21?/m1/s1. The number of aliphatic hydroxyl groups excluding tert-OH is 1. The average molecular weight is 600 g/mol. The second kappa shape index (κ2) is 12.1. The number of amides is 2. The summed E-state index contributed by atoms with van der Waals surface area (Å²) in [5.74, 6) is -1.03. The maximum absolute atomic E-state index is 13.0. The van der Waals surface area contributed by atoms with E-state index in [2.05, 4.69) is 20.4 Å². The third kappa shape index (κ3) is 5.86. The van der Waals surface area contributed by atoms with Crippen molar-refractivity contribution in [3.8, 4) is 0 Å². The summed E-state index contributed by atoms with van der Waals surface area (Å²) in [6.07, 6.45) is 3.26. The first-order valence-corrected chi connectivity index (χ1v) is 15.0. The molecule has 2 aliphatic heterocycles. The Morgan fingerprint density at radius 1 is 1.42 bits per heavy atom. The van der Waals surface area contributed by atoms with Gasteiger partial charge in [0.15, 0.2) is 10.8 Å². The minimum Gasteiger partial charge on any atom is -0.480 e. The van der Waals surface area contributed by atoms with E-state index >= 15 is 0 Å². The van der Waals surface area contributed by atoms with Crippen LogP contribution in [0.5, 0.6) is 0 Å². The summed E-state index contributed by atoms with van der Waals surface area (Å²) in [5, 5.41) is 35.4. The molecule has 0 spiro atoms. The Bertz CT molecular complexity index is 1250. The Labute approximate surface area is 233 Å². The molecular formula is C21H25N7O6S4.